The van der Waals surface area contributed by atoms with E-state index in [1.165, 1.54) is 0 Å². The molecule has 2 atom stereocenters. The van der Waals surface area contributed by atoms with Crippen LogP contribution in [-0.2, 0) is 16.1 Å². The molecule has 1 aromatic carbocycles. The molecule has 2 aliphatic rings. The summed E-state index contributed by atoms with van der Waals surface area (Å²) in [6, 6.07) is 9.49. The van der Waals surface area contributed by atoms with Crippen molar-refractivity contribution in [2.24, 2.45) is 5.73 Å². The summed E-state index contributed by atoms with van der Waals surface area (Å²) in [6.07, 6.45) is -0.311. The maximum atomic E-state index is 12.2. The van der Waals surface area contributed by atoms with Gasteiger partial charge in [-0.25, -0.2) is 9.97 Å². The van der Waals surface area contributed by atoms with Crippen molar-refractivity contribution in [2.45, 2.75) is 25.1 Å². The number of ether oxygens (including phenoxy) is 1. The Morgan fingerprint density at radius 3 is 2.74 bits per heavy atom. The third-order valence-corrected chi connectivity index (χ3v) is 6.77. The molecule has 5 rings (SSSR count). The molecule has 162 valence electrons. The lowest BCUT2D eigenvalue weighted by Gasteiger charge is -2.27. The van der Waals surface area contributed by atoms with Crippen molar-refractivity contribution in [3.05, 3.63) is 41.5 Å². The third kappa shape index (κ3) is 4.01. The SMILES string of the molecule is NC(=O)[C@H]1C[C@@H](O)CN1c1nc(CN2CCOCC2)nc2scc(-c3ccccc3)c12. The van der Waals surface area contributed by atoms with E-state index in [2.05, 4.69) is 22.4 Å². The zero-order valence-electron chi connectivity index (χ0n) is 17.1. The first-order chi connectivity index (χ1) is 15.1. The summed E-state index contributed by atoms with van der Waals surface area (Å²) in [5.74, 6) is 0.929. The number of nitrogens with zero attached hydrogens (tertiary/aromatic N) is 4. The zero-order chi connectivity index (χ0) is 21.4. The molecule has 31 heavy (non-hydrogen) atoms. The number of carbonyl (C=O) groups excluding carboxylic acids is 1. The molecule has 0 aliphatic carbocycles. The van der Waals surface area contributed by atoms with Crippen molar-refractivity contribution < 1.29 is 14.6 Å². The van der Waals surface area contributed by atoms with Gasteiger partial charge in [-0.1, -0.05) is 30.3 Å². The van der Waals surface area contributed by atoms with Crippen molar-refractivity contribution in [1.29, 1.82) is 0 Å². The number of morpholine rings is 1. The van der Waals surface area contributed by atoms with Gasteiger partial charge in [-0.3, -0.25) is 9.69 Å². The Labute approximate surface area is 184 Å². The number of aromatic nitrogens is 2. The lowest BCUT2D eigenvalue weighted by atomic mass is 10.1. The number of β-amino-alcohol motifs (C(OH)–C–C–N with tert-alkyl or cyclic N) is 1. The fourth-order valence-corrected chi connectivity index (χ4v) is 5.31. The summed E-state index contributed by atoms with van der Waals surface area (Å²) in [6.45, 7) is 4.01. The van der Waals surface area contributed by atoms with Gasteiger partial charge in [0.2, 0.25) is 5.91 Å². The minimum atomic E-state index is -0.621. The second-order valence-corrected chi connectivity index (χ2v) is 8.87. The topological polar surface area (TPSA) is 105 Å². The van der Waals surface area contributed by atoms with Crippen LogP contribution >= 0.6 is 11.3 Å². The van der Waals surface area contributed by atoms with Crippen molar-refractivity contribution >= 4 is 33.3 Å². The van der Waals surface area contributed by atoms with Gasteiger partial charge in [0, 0.05) is 37.0 Å². The van der Waals surface area contributed by atoms with Gasteiger partial charge in [0.1, 0.15) is 22.5 Å². The summed E-state index contributed by atoms with van der Waals surface area (Å²) in [5, 5.41) is 13.3. The molecule has 9 heteroatoms. The molecule has 2 saturated heterocycles. The van der Waals surface area contributed by atoms with E-state index < -0.39 is 18.1 Å². The van der Waals surface area contributed by atoms with Crippen molar-refractivity contribution in [2.75, 3.05) is 37.7 Å². The number of anilines is 1. The fourth-order valence-electron chi connectivity index (χ4n) is 4.35. The van der Waals surface area contributed by atoms with E-state index in [-0.39, 0.29) is 0 Å². The first kappa shape index (κ1) is 20.3. The molecule has 3 N–H and O–H groups in total. The fraction of sp³-hybridized carbons (Fsp3) is 0.409. The van der Waals surface area contributed by atoms with Crippen LogP contribution in [0.5, 0.6) is 0 Å². The van der Waals surface area contributed by atoms with Gasteiger partial charge in [-0.2, -0.15) is 0 Å². The number of hydrogen-bond acceptors (Lipinski definition) is 8. The van der Waals surface area contributed by atoms with Gasteiger partial charge in [-0.15, -0.1) is 11.3 Å². The lowest BCUT2D eigenvalue weighted by Crippen LogP contribution is -2.41. The Morgan fingerprint density at radius 1 is 1.23 bits per heavy atom. The van der Waals surface area contributed by atoms with Crippen molar-refractivity contribution in [3.63, 3.8) is 0 Å². The second kappa shape index (κ2) is 8.51. The highest BCUT2D eigenvalue weighted by atomic mass is 32.1. The number of aliphatic hydroxyl groups excluding tert-OH is 1. The van der Waals surface area contributed by atoms with Crippen molar-refractivity contribution in [1.82, 2.24) is 14.9 Å². The quantitative estimate of drug-likeness (QED) is 0.622. The zero-order valence-corrected chi connectivity index (χ0v) is 17.9. The van der Waals surface area contributed by atoms with Gasteiger partial charge < -0.3 is 20.5 Å². The number of rotatable bonds is 5. The van der Waals surface area contributed by atoms with E-state index in [0.29, 0.717) is 44.4 Å². The van der Waals surface area contributed by atoms with Crippen LogP contribution in [0.3, 0.4) is 0 Å². The third-order valence-electron chi connectivity index (χ3n) is 5.89. The van der Waals surface area contributed by atoms with Crippen LogP contribution in [0.25, 0.3) is 21.3 Å². The van der Waals surface area contributed by atoms with Crippen LogP contribution in [0.15, 0.2) is 35.7 Å². The minimum absolute atomic E-state index is 0.310. The van der Waals surface area contributed by atoms with Crippen LogP contribution in [0.2, 0.25) is 0 Å². The first-order valence-electron chi connectivity index (χ1n) is 10.5. The van der Waals surface area contributed by atoms with E-state index in [0.717, 1.165) is 34.4 Å². The molecule has 0 radical (unpaired) electrons. The number of thiophene rings is 1. The van der Waals surface area contributed by atoms with E-state index in [1.54, 1.807) is 11.3 Å². The molecule has 2 aromatic heterocycles. The second-order valence-electron chi connectivity index (χ2n) is 8.01. The average Bonchev–Trinajstić information content (AvgIpc) is 3.38. The van der Waals surface area contributed by atoms with E-state index in [1.807, 2.05) is 23.1 Å². The summed E-state index contributed by atoms with van der Waals surface area (Å²) in [5.41, 5.74) is 7.78. The van der Waals surface area contributed by atoms with Crippen LogP contribution < -0.4 is 10.6 Å². The van der Waals surface area contributed by atoms with Gasteiger partial charge >= 0.3 is 0 Å². The van der Waals surface area contributed by atoms with Crippen LogP contribution in [0.4, 0.5) is 5.82 Å². The summed E-state index contributed by atoms with van der Waals surface area (Å²) < 4.78 is 5.45. The van der Waals surface area contributed by atoms with Gasteiger partial charge in [0.25, 0.3) is 0 Å². The maximum absolute atomic E-state index is 12.2. The molecule has 4 heterocycles. The van der Waals surface area contributed by atoms with Gasteiger partial charge in [-0.05, 0) is 5.56 Å². The molecule has 3 aromatic rings. The Kier molecular flexibility index (Phi) is 5.58. The normalized spacial score (nSPS) is 22.3. The Bertz CT molecular complexity index is 1080. The number of benzene rings is 1. The number of primary amides is 1. The number of aliphatic hydroxyl groups is 1. The summed E-state index contributed by atoms with van der Waals surface area (Å²) in [4.78, 5) is 26.9. The molecule has 0 spiro atoms. The van der Waals surface area contributed by atoms with Gasteiger partial charge in [0.05, 0.1) is 31.2 Å². The van der Waals surface area contributed by atoms with Crippen LogP contribution in [0, 0.1) is 0 Å². The molecule has 0 unspecified atom stereocenters. The highest BCUT2D eigenvalue weighted by molar-refractivity contribution is 7.17. The average molecular weight is 440 g/mol. The Hall–Kier alpha value is -2.59. The van der Waals surface area contributed by atoms with E-state index >= 15 is 0 Å². The Morgan fingerprint density at radius 2 is 2.00 bits per heavy atom. The summed E-state index contributed by atoms with van der Waals surface area (Å²) in [7, 11) is 0. The number of carbonyl (C=O) groups is 1. The predicted octanol–water partition coefficient (Wildman–Crippen LogP) is 1.62. The minimum Gasteiger partial charge on any atom is -0.391 e. The Balaban J connectivity index is 1.63. The van der Waals surface area contributed by atoms with E-state index in [9.17, 15) is 9.90 Å². The smallest absolute Gasteiger partial charge is 0.240 e. The maximum Gasteiger partial charge on any atom is 0.240 e. The molecule has 2 aliphatic heterocycles. The number of hydrogen-bond donors (Lipinski definition) is 2. The molecular weight excluding hydrogens is 414 g/mol. The number of amides is 1. The van der Waals surface area contributed by atoms with Crippen LogP contribution in [0.1, 0.15) is 12.2 Å². The lowest BCUT2D eigenvalue weighted by molar-refractivity contribution is -0.119. The largest absolute Gasteiger partial charge is 0.391 e. The van der Waals surface area contributed by atoms with Crippen molar-refractivity contribution in [3.8, 4) is 11.1 Å². The van der Waals surface area contributed by atoms with E-state index in [4.69, 9.17) is 20.4 Å². The standard InChI is InChI=1S/C22H25N5O3S/c23-20(29)17-10-15(28)11-27(17)21-19-16(14-4-2-1-3-5-14)13-31-22(19)25-18(24-21)12-26-6-8-30-9-7-26/h1-5,13,15,17,28H,6-12H2,(H2,23,29)/t15-,17-/m1/s1. The molecule has 1 amide bonds. The van der Waals surface area contributed by atoms with Gasteiger partial charge in [0.15, 0.2) is 0 Å². The first-order valence-corrected chi connectivity index (χ1v) is 11.4. The molecule has 2 fully saturated rings. The summed E-state index contributed by atoms with van der Waals surface area (Å²) >= 11 is 1.57. The highest BCUT2D eigenvalue weighted by Gasteiger charge is 2.37. The number of nitrogens with two attached hydrogens (primary N) is 1. The van der Waals surface area contributed by atoms with Crippen LogP contribution in [-0.4, -0.2) is 70.9 Å². The molecule has 0 saturated carbocycles. The molecule has 8 nitrogen and oxygen atoms in total. The predicted molar refractivity (Wildman–Crippen MR) is 120 cm³/mol. The molecular formula is C22H25N5O3S. The monoisotopic (exact) mass is 439 g/mol. The number of fused-ring (bicyclic) bond motifs is 1. The molecule has 0 bridgehead atoms. The highest BCUT2D eigenvalue weighted by Crippen LogP contribution is 2.40.